The molecule has 0 unspecified atom stereocenters. The molecule has 2 heterocycles. The van der Waals surface area contributed by atoms with E-state index in [1.165, 1.54) is 12.3 Å². The largest absolute Gasteiger partial charge is 0.453 e. The van der Waals surface area contributed by atoms with E-state index < -0.39 is 5.97 Å². The maximum atomic E-state index is 12.0. The van der Waals surface area contributed by atoms with Gasteiger partial charge in [-0.3, -0.25) is 0 Å². The second-order valence-electron chi connectivity index (χ2n) is 5.31. The van der Waals surface area contributed by atoms with Gasteiger partial charge in [-0.25, -0.2) is 9.78 Å². The summed E-state index contributed by atoms with van der Waals surface area (Å²) in [6.07, 6.45) is 1.42. The van der Waals surface area contributed by atoms with Crippen LogP contribution in [0.15, 0.2) is 42.6 Å². The van der Waals surface area contributed by atoms with Gasteiger partial charge in [0.05, 0.1) is 0 Å². The molecule has 3 N–H and O–H groups in total. The molecule has 1 aromatic carbocycles. The molecule has 0 atom stereocenters. The summed E-state index contributed by atoms with van der Waals surface area (Å²) in [6.45, 7) is 1.77. The second kappa shape index (κ2) is 7.75. The molecule has 0 spiro atoms. The van der Waals surface area contributed by atoms with Crippen molar-refractivity contribution in [1.29, 1.82) is 0 Å². The Balaban J connectivity index is 1.71. The predicted octanol–water partition coefficient (Wildman–Crippen LogP) is 2.91. The topological polar surface area (TPSA) is 116 Å². The Morgan fingerprint density at radius 3 is 2.81 bits per heavy atom. The average Bonchev–Trinajstić information content (AvgIpc) is 2.61. The Morgan fingerprint density at radius 2 is 2.04 bits per heavy atom. The molecule has 0 aliphatic carbocycles. The van der Waals surface area contributed by atoms with E-state index >= 15 is 0 Å². The smallest absolute Gasteiger partial charge is 0.357 e. The van der Waals surface area contributed by atoms with Gasteiger partial charge in [0.25, 0.3) is 0 Å². The van der Waals surface area contributed by atoms with E-state index in [1.54, 1.807) is 6.07 Å². The van der Waals surface area contributed by atoms with Crippen molar-refractivity contribution in [3.63, 3.8) is 0 Å². The van der Waals surface area contributed by atoms with Crippen molar-refractivity contribution in [2.75, 3.05) is 11.1 Å². The highest BCUT2D eigenvalue weighted by Crippen LogP contribution is 2.18. The van der Waals surface area contributed by atoms with Crippen molar-refractivity contribution in [3.8, 4) is 0 Å². The number of anilines is 3. The minimum atomic E-state index is -0.639. The lowest BCUT2D eigenvalue weighted by Crippen LogP contribution is -2.12. The number of nitrogens with two attached hydrogens (primary N) is 1. The van der Waals surface area contributed by atoms with Crippen LogP contribution in [0.25, 0.3) is 0 Å². The maximum Gasteiger partial charge on any atom is 0.357 e. The Kier molecular flexibility index (Phi) is 5.23. The van der Waals surface area contributed by atoms with Crippen LogP contribution >= 0.6 is 11.6 Å². The number of nitrogens with zero attached hydrogens (tertiary/aromatic N) is 4. The van der Waals surface area contributed by atoms with Crippen LogP contribution < -0.4 is 11.1 Å². The fourth-order valence-electron chi connectivity index (χ4n) is 2.11. The number of esters is 1. The zero-order valence-electron chi connectivity index (χ0n) is 13.8. The van der Waals surface area contributed by atoms with Crippen LogP contribution in [-0.4, -0.2) is 25.9 Å². The van der Waals surface area contributed by atoms with E-state index in [9.17, 15) is 4.79 Å². The minimum Gasteiger partial charge on any atom is -0.453 e. The molecule has 3 aromatic rings. The molecule has 0 saturated carbocycles. The number of nitrogen functional groups attached to an aromatic ring is 1. The highest BCUT2D eigenvalue weighted by molar-refractivity contribution is 6.30. The number of benzene rings is 1. The first-order chi connectivity index (χ1) is 12.5. The lowest BCUT2D eigenvalue weighted by molar-refractivity contribution is 0.0455. The van der Waals surface area contributed by atoms with Crippen molar-refractivity contribution < 1.29 is 9.53 Å². The number of halogens is 1. The van der Waals surface area contributed by atoms with Crippen molar-refractivity contribution in [3.05, 3.63) is 64.7 Å². The zero-order valence-corrected chi connectivity index (χ0v) is 14.6. The lowest BCUT2D eigenvalue weighted by Gasteiger charge is -2.09. The van der Waals surface area contributed by atoms with Crippen LogP contribution in [0.2, 0.25) is 5.02 Å². The monoisotopic (exact) mass is 370 g/mol. The SMILES string of the molecule is Cc1ccccc1Nc1nc(N)nc(COC(=O)c2cc(Cl)ccn2)n1. The summed E-state index contributed by atoms with van der Waals surface area (Å²) >= 11 is 5.83. The Hall–Kier alpha value is -3.26. The number of rotatable bonds is 5. The van der Waals surface area contributed by atoms with Gasteiger partial charge in [-0.15, -0.1) is 0 Å². The summed E-state index contributed by atoms with van der Waals surface area (Å²) in [6, 6.07) is 10.6. The number of nitrogens with one attached hydrogen (secondary N) is 1. The van der Waals surface area contributed by atoms with Gasteiger partial charge in [-0.2, -0.15) is 15.0 Å². The van der Waals surface area contributed by atoms with Crippen LogP contribution in [0.4, 0.5) is 17.6 Å². The summed E-state index contributed by atoms with van der Waals surface area (Å²) in [4.78, 5) is 28.1. The van der Waals surface area contributed by atoms with E-state index in [2.05, 4.69) is 25.3 Å². The molecule has 26 heavy (non-hydrogen) atoms. The number of ether oxygens (including phenoxy) is 1. The van der Waals surface area contributed by atoms with Crippen LogP contribution in [0, 0.1) is 6.92 Å². The Morgan fingerprint density at radius 1 is 1.23 bits per heavy atom. The number of hydrogen-bond donors (Lipinski definition) is 2. The molecule has 0 amide bonds. The fourth-order valence-corrected chi connectivity index (χ4v) is 2.27. The van der Waals surface area contributed by atoms with Crippen molar-refractivity contribution in [1.82, 2.24) is 19.9 Å². The molecule has 2 aromatic heterocycles. The number of aryl methyl sites for hydroxylation is 1. The van der Waals surface area contributed by atoms with Gasteiger partial charge in [0, 0.05) is 16.9 Å². The summed E-state index contributed by atoms with van der Waals surface area (Å²) in [5.74, 6) is -0.148. The number of aromatic nitrogens is 4. The molecule has 0 saturated heterocycles. The lowest BCUT2D eigenvalue weighted by atomic mass is 10.2. The average molecular weight is 371 g/mol. The van der Waals surface area contributed by atoms with Crippen molar-refractivity contribution in [2.24, 2.45) is 0 Å². The third-order valence-corrected chi connectivity index (χ3v) is 3.59. The molecule has 3 rings (SSSR count). The number of hydrogen-bond acceptors (Lipinski definition) is 8. The number of carbonyl (C=O) groups excluding carboxylic acids is 1. The highest BCUT2D eigenvalue weighted by atomic mass is 35.5. The molecule has 8 nitrogen and oxygen atoms in total. The number of para-hydroxylation sites is 1. The summed E-state index contributed by atoms with van der Waals surface area (Å²) in [5, 5.41) is 3.46. The first-order valence-corrected chi connectivity index (χ1v) is 8.01. The van der Waals surface area contributed by atoms with Gasteiger partial charge in [0.1, 0.15) is 5.69 Å². The fraction of sp³-hybridized carbons (Fsp3) is 0.118. The first kappa shape index (κ1) is 17.6. The van der Waals surface area contributed by atoms with E-state index in [0.29, 0.717) is 5.02 Å². The van der Waals surface area contributed by atoms with Crippen LogP contribution in [0.3, 0.4) is 0 Å². The Labute approximate surface area is 154 Å². The van der Waals surface area contributed by atoms with Crippen LogP contribution in [0.5, 0.6) is 0 Å². The van der Waals surface area contributed by atoms with Crippen LogP contribution in [0.1, 0.15) is 21.9 Å². The molecule has 0 fully saturated rings. The van der Waals surface area contributed by atoms with Crippen molar-refractivity contribution >= 4 is 35.2 Å². The summed E-state index contributed by atoms with van der Waals surface area (Å²) in [5.41, 5.74) is 7.67. The van der Waals surface area contributed by atoms with E-state index in [1.807, 2.05) is 31.2 Å². The third-order valence-electron chi connectivity index (χ3n) is 3.35. The molecule has 9 heteroatoms. The van der Waals surface area contributed by atoms with E-state index in [0.717, 1.165) is 11.3 Å². The summed E-state index contributed by atoms with van der Waals surface area (Å²) in [7, 11) is 0. The molecule has 0 aliphatic heterocycles. The molecular weight excluding hydrogens is 356 g/mol. The normalized spacial score (nSPS) is 10.4. The van der Waals surface area contributed by atoms with Crippen LogP contribution in [-0.2, 0) is 11.3 Å². The Bertz CT molecular complexity index is 950. The second-order valence-corrected chi connectivity index (χ2v) is 5.75. The predicted molar refractivity (Wildman–Crippen MR) is 97.1 cm³/mol. The van der Waals surface area contributed by atoms with Gasteiger partial charge < -0.3 is 15.8 Å². The molecule has 132 valence electrons. The zero-order chi connectivity index (χ0) is 18.5. The van der Waals surface area contributed by atoms with Gasteiger partial charge >= 0.3 is 5.97 Å². The molecule has 0 radical (unpaired) electrons. The highest BCUT2D eigenvalue weighted by Gasteiger charge is 2.12. The standard InChI is InChI=1S/C17H15ClN6O2/c1-10-4-2-3-5-12(10)21-17-23-14(22-16(19)24-17)9-26-15(25)13-8-11(18)6-7-20-13/h2-8H,9H2,1H3,(H3,19,21,22,23,24). The van der Waals surface area contributed by atoms with E-state index in [4.69, 9.17) is 22.1 Å². The summed E-state index contributed by atoms with van der Waals surface area (Å²) < 4.78 is 5.16. The maximum absolute atomic E-state index is 12.0. The van der Waals surface area contributed by atoms with Gasteiger partial charge in [0.2, 0.25) is 11.9 Å². The first-order valence-electron chi connectivity index (χ1n) is 7.63. The van der Waals surface area contributed by atoms with Gasteiger partial charge in [-0.05, 0) is 30.7 Å². The van der Waals surface area contributed by atoms with Crippen molar-refractivity contribution in [2.45, 2.75) is 13.5 Å². The van der Waals surface area contributed by atoms with Gasteiger partial charge in [0.15, 0.2) is 12.4 Å². The number of pyridine rings is 1. The molecular formula is C17H15ClN6O2. The minimum absolute atomic E-state index is 0.0167. The van der Waals surface area contributed by atoms with Gasteiger partial charge in [-0.1, -0.05) is 29.8 Å². The third kappa shape index (κ3) is 4.42. The van der Waals surface area contributed by atoms with E-state index in [-0.39, 0.29) is 30.0 Å². The quantitative estimate of drug-likeness (QED) is 0.658. The number of carbonyl (C=O) groups is 1. The molecule has 0 bridgehead atoms. The molecule has 0 aliphatic rings.